The fraction of sp³-hybridized carbons (Fsp3) is 0.917. The molecule has 1 N–H and O–H groups in total. The summed E-state index contributed by atoms with van der Waals surface area (Å²) in [5.74, 6) is 2.07. The predicted octanol–water partition coefficient (Wildman–Crippen LogP) is 2.27. The quantitative estimate of drug-likeness (QED) is 0.824. The normalized spacial score (nSPS) is 29.8. The first-order chi connectivity index (χ1) is 7.61. The lowest BCUT2D eigenvalue weighted by atomic mass is 10.1. The van der Waals surface area contributed by atoms with Gasteiger partial charge in [-0.15, -0.1) is 0 Å². The molecule has 2 rings (SSSR count). The summed E-state index contributed by atoms with van der Waals surface area (Å²) in [4.78, 5) is 4.82. The topological polar surface area (TPSA) is 33.6 Å². The molecule has 92 valence electrons. The van der Waals surface area contributed by atoms with E-state index in [0.29, 0.717) is 12.6 Å². The molecule has 0 amide bonds. The lowest BCUT2D eigenvalue weighted by Gasteiger charge is -2.31. The van der Waals surface area contributed by atoms with Crippen molar-refractivity contribution in [1.29, 1.82) is 0 Å². The van der Waals surface area contributed by atoms with Crippen LogP contribution < -0.4 is 5.32 Å². The summed E-state index contributed by atoms with van der Waals surface area (Å²) in [7, 11) is 1.74. The summed E-state index contributed by atoms with van der Waals surface area (Å²) in [6, 6.07) is 0.585. The van der Waals surface area contributed by atoms with Gasteiger partial charge in [0.05, 0.1) is 18.2 Å². The molecule has 2 atom stereocenters. The van der Waals surface area contributed by atoms with Crippen molar-refractivity contribution in [3.63, 3.8) is 0 Å². The molecule has 0 spiro atoms. The van der Waals surface area contributed by atoms with E-state index in [-0.39, 0.29) is 5.54 Å². The maximum atomic E-state index is 5.21. The van der Waals surface area contributed by atoms with Crippen LogP contribution in [0.4, 0.5) is 0 Å². The zero-order valence-electron chi connectivity index (χ0n) is 10.5. The molecule has 2 aliphatic rings. The third kappa shape index (κ3) is 2.92. The Bertz CT molecular complexity index is 278. The Labute approximate surface area is 102 Å². The summed E-state index contributed by atoms with van der Waals surface area (Å²) in [6.45, 7) is 5.02. The third-order valence-corrected chi connectivity index (χ3v) is 4.36. The lowest BCUT2D eigenvalue weighted by molar-refractivity contribution is 0.140. The van der Waals surface area contributed by atoms with Gasteiger partial charge in [0.25, 0.3) is 0 Å². The van der Waals surface area contributed by atoms with Gasteiger partial charge in [-0.1, -0.05) is 18.2 Å². The molecule has 3 nitrogen and oxygen atoms in total. The molecule has 2 unspecified atom stereocenters. The SMILES string of the molecule is COCC(C)(C)NC1=NC2CCCC2CS1. The van der Waals surface area contributed by atoms with E-state index in [2.05, 4.69) is 19.2 Å². The average molecular weight is 242 g/mol. The van der Waals surface area contributed by atoms with Crippen LogP contribution in [-0.2, 0) is 4.74 Å². The Kier molecular flexibility index (Phi) is 3.80. The van der Waals surface area contributed by atoms with Crippen molar-refractivity contribution in [2.24, 2.45) is 10.9 Å². The van der Waals surface area contributed by atoms with E-state index in [1.54, 1.807) is 7.11 Å². The van der Waals surface area contributed by atoms with Gasteiger partial charge in [0.2, 0.25) is 0 Å². The van der Waals surface area contributed by atoms with Gasteiger partial charge in [0.15, 0.2) is 5.17 Å². The van der Waals surface area contributed by atoms with Gasteiger partial charge in [0.1, 0.15) is 0 Å². The summed E-state index contributed by atoms with van der Waals surface area (Å²) in [5, 5.41) is 4.61. The minimum atomic E-state index is -0.0218. The Morgan fingerprint density at radius 1 is 1.50 bits per heavy atom. The first-order valence-corrected chi connectivity index (χ1v) is 7.07. The van der Waals surface area contributed by atoms with Crippen LogP contribution in [0.5, 0.6) is 0 Å². The number of hydrogen-bond acceptors (Lipinski definition) is 4. The van der Waals surface area contributed by atoms with E-state index >= 15 is 0 Å². The first kappa shape index (κ1) is 12.2. The fourth-order valence-electron chi connectivity index (χ4n) is 2.51. The number of thioether (sulfide) groups is 1. The van der Waals surface area contributed by atoms with E-state index in [9.17, 15) is 0 Å². The summed E-state index contributed by atoms with van der Waals surface area (Å²) in [5.41, 5.74) is -0.0218. The molecule has 0 aromatic carbocycles. The van der Waals surface area contributed by atoms with Gasteiger partial charge in [-0.25, -0.2) is 0 Å². The van der Waals surface area contributed by atoms with Gasteiger partial charge in [-0.3, -0.25) is 4.99 Å². The Hall–Kier alpha value is -0.220. The second kappa shape index (κ2) is 4.96. The molecular weight excluding hydrogens is 220 g/mol. The number of ether oxygens (including phenoxy) is 1. The fourth-order valence-corrected chi connectivity index (χ4v) is 3.83. The molecule has 1 aliphatic carbocycles. The van der Waals surface area contributed by atoms with E-state index in [4.69, 9.17) is 9.73 Å². The molecule has 0 aromatic heterocycles. The molecule has 1 fully saturated rings. The standard InChI is InChI=1S/C12H22N2OS/c1-12(2,8-15-3)14-11-13-10-6-4-5-9(10)7-16-11/h9-10H,4-8H2,1-3H3,(H,13,14). The van der Waals surface area contributed by atoms with E-state index in [0.717, 1.165) is 11.1 Å². The van der Waals surface area contributed by atoms with E-state index < -0.39 is 0 Å². The first-order valence-electron chi connectivity index (χ1n) is 6.08. The molecule has 1 saturated carbocycles. The Morgan fingerprint density at radius 3 is 3.06 bits per heavy atom. The molecule has 0 radical (unpaired) electrons. The van der Waals surface area contributed by atoms with Crippen LogP contribution in [0.2, 0.25) is 0 Å². The van der Waals surface area contributed by atoms with Crippen LogP contribution in [0.25, 0.3) is 0 Å². The number of methoxy groups -OCH3 is 1. The van der Waals surface area contributed by atoms with Crippen molar-refractivity contribution >= 4 is 16.9 Å². The smallest absolute Gasteiger partial charge is 0.157 e. The lowest BCUT2D eigenvalue weighted by Crippen LogP contribution is -2.47. The van der Waals surface area contributed by atoms with Gasteiger partial charge >= 0.3 is 0 Å². The molecule has 0 saturated heterocycles. The van der Waals surface area contributed by atoms with Crippen LogP contribution in [0.1, 0.15) is 33.1 Å². The van der Waals surface area contributed by atoms with Crippen molar-refractivity contribution in [1.82, 2.24) is 5.32 Å². The van der Waals surface area contributed by atoms with Crippen LogP contribution in [0, 0.1) is 5.92 Å². The molecular formula is C12H22N2OS. The highest BCUT2D eigenvalue weighted by atomic mass is 32.2. The molecule has 1 aliphatic heterocycles. The number of rotatable bonds is 3. The van der Waals surface area contributed by atoms with Crippen LogP contribution in [0.15, 0.2) is 4.99 Å². The van der Waals surface area contributed by atoms with Gasteiger partial charge in [-0.05, 0) is 32.6 Å². The maximum absolute atomic E-state index is 5.21. The molecule has 1 heterocycles. The minimum absolute atomic E-state index is 0.0218. The zero-order chi connectivity index (χ0) is 11.6. The van der Waals surface area contributed by atoms with Crippen molar-refractivity contribution in [2.45, 2.75) is 44.7 Å². The predicted molar refractivity (Wildman–Crippen MR) is 70.1 cm³/mol. The second-order valence-electron chi connectivity index (χ2n) is 5.45. The highest BCUT2D eigenvalue weighted by Crippen LogP contribution is 2.35. The van der Waals surface area contributed by atoms with Gasteiger partial charge in [0, 0.05) is 12.9 Å². The summed E-state index contributed by atoms with van der Waals surface area (Å²) < 4.78 is 5.21. The Morgan fingerprint density at radius 2 is 2.31 bits per heavy atom. The number of nitrogens with one attached hydrogen (secondary N) is 1. The van der Waals surface area contributed by atoms with Crippen LogP contribution in [-0.4, -0.2) is 36.2 Å². The van der Waals surface area contributed by atoms with E-state index in [1.165, 1.54) is 25.0 Å². The maximum Gasteiger partial charge on any atom is 0.157 e. The van der Waals surface area contributed by atoms with Crippen molar-refractivity contribution < 1.29 is 4.74 Å². The number of aliphatic imine (C=N–C) groups is 1. The van der Waals surface area contributed by atoms with Gasteiger partial charge < -0.3 is 10.1 Å². The number of fused-ring (bicyclic) bond motifs is 1. The largest absolute Gasteiger partial charge is 0.382 e. The molecule has 4 heteroatoms. The summed E-state index contributed by atoms with van der Waals surface area (Å²) >= 11 is 1.88. The number of nitrogens with zero attached hydrogens (tertiary/aromatic N) is 1. The highest BCUT2D eigenvalue weighted by molar-refractivity contribution is 8.13. The highest BCUT2D eigenvalue weighted by Gasteiger charge is 2.32. The monoisotopic (exact) mass is 242 g/mol. The van der Waals surface area contributed by atoms with Crippen molar-refractivity contribution in [3.8, 4) is 0 Å². The third-order valence-electron chi connectivity index (χ3n) is 3.29. The van der Waals surface area contributed by atoms with Crippen molar-refractivity contribution in [2.75, 3.05) is 19.5 Å². The molecule has 0 aromatic rings. The number of amidine groups is 1. The zero-order valence-corrected chi connectivity index (χ0v) is 11.3. The Balaban J connectivity index is 1.95. The van der Waals surface area contributed by atoms with Crippen LogP contribution >= 0.6 is 11.8 Å². The van der Waals surface area contributed by atoms with Gasteiger partial charge in [-0.2, -0.15) is 0 Å². The summed E-state index contributed by atoms with van der Waals surface area (Å²) in [6.07, 6.45) is 4.01. The van der Waals surface area contributed by atoms with Crippen molar-refractivity contribution in [3.05, 3.63) is 0 Å². The minimum Gasteiger partial charge on any atom is -0.382 e. The molecule has 16 heavy (non-hydrogen) atoms. The second-order valence-corrected chi connectivity index (χ2v) is 6.45. The molecule has 0 bridgehead atoms. The number of hydrogen-bond donors (Lipinski definition) is 1. The van der Waals surface area contributed by atoms with Crippen LogP contribution in [0.3, 0.4) is 0 Å². The van der Waals surface area contributed by atoms with E-state index in [1.807, 2.05) is 11.8 Å². The average Bonchev–Trinajstić information content (AvgIpc) is 2.63.